The summed E-state index contributed by atoms with van der Waals surface area (Å²) in [4.78, 5) is 15.4. The first kappa shape index (κ1) is 17.9. The summed E-state index contributed by atoms with van der Waals surface area (Å²) < 4.78 is 10.6. The van der Waals surface area contributed by atoms with E-state index in [4.69, 9.17) is 9.47 Å². The minimum atomic E-state index is 0.219. The van der Waals surface area contributed by atoms with Crippen LogP contribution in [-0.2, 0) is 9.53 Å². The van der Waals surface area contributed by atoms with Gasteiger partial charge in [0.05, 0.1) is 19.5 Å². The van der Waals surface area contributed by atoms with Crippen LogP contribution in [0.1, 0.15) is 12.8 Å². The Kier molecular flexibility index (Phi) is 7.49. The maximum atomic E-state index is 12.3. The molecule has 4 nitrogen and oxygen atoms in total. The Hall–Kier alpha value is -1.46. The minimum Gasteiger partial charge on any atom is -0.497 e. The van der Waals surface area contributed by atoms with E-state index in [1.165, 1.54) is 0 Å². The third-order valence-corrected chi connectivity index (χ3v) is 4.98. The zero-order valence-electron chi connectivity index (χ0n) is 13.7. The molecule has 1 aliphatic rings. The van der Waals surface area contributed by atoms with Gasteiger partial charge in [-0.05, 0) is 43.0 Å². The third-order valence-electron chi connectivity index (χ3n) is 3.98. The monoisotopic (exact) mass is 335 g/mol. The molecule has 1 heterocycles. The van der Waals surface area contributed by atoms with E-state index in [1.807, 2.05) is 29.2 Å². The molecule has 0 spiro atoms. The molecule has 5 heteroatoms. The van der Waals surface area contributed by atoms with E-state index in [-0.39, 0.29) is 5.91 Å². The number of nitrogens with zero attached hydrogens (tertiary/aromatic N) is 1. The molecule has 0 bridgehead atoms. The van der Waals surface area contributed by atoms with Crippen LogP contribution in [0.15, 0.2) is 41.8 Å². The lowest BCUT2D eigenvalue weighted by molar-refractivity contribution is -0.130. The lowest BCUT2D eigenvalue weighted by Gasteiger charge is -2.31. The second-order valence-electron chi connectivity index (χ2n) is 5.61. The van der Waals surface area contributed by atoms with Crippen molar-refractivity contribution in [3.63, 3.8) is 0 Å². The molecule has 0 saturated carbocycles. The SMILES string of the molecule is C=CCOCC1CCN(C(=O)CSc2ccc(OC)cc2)CC1. The molecule has 1 aromatic rings. The van der Waals surface area contributed by atoms with E-state index in [9.17, 15) is 4.79 Å². The second-order valence-corrected chi connectivity index (χ2v) is 6.66. The molecule has 1 fully saturated rings. The van der Waals surface area contributed by atoms with Crippen molar-refractivity contribution in [3.05, 3.63) is 36.9 Å². The summed E-state index contributed by atoms with van der Waals surface area (Å²) in [7, 11) is 1.65. The van der Waals surface area contributed by atoms with Gasteiger partial charge in [0.25, 0.3) is 0 Å². The van der Waals surface area contributed by atoms with Gasteiger partial charge in [-0.25, -0.2) is 0 Å². The van der Waals surface area contributed by atoms with Gasteiger partial charge in [0.2, 0.25) is 5.91 Å². The largest absolute Gasteiger partial charge is 0.497 e. The molecule has 126 valence electrons. The van der Waals surface area contributed by atoms with Crippen molar-refractivity contribution in [3.8, 4) is 5.75 Å². The number of likely N-dealkylation sites (tertiary alicyclic amines) is 1. The van der Waals surface area contributed by atoms with Gasteiger partial charge in [-0.3, -0.25) is 4.79 Å². The zero-order valence-corrected chi connectivity index (χ0v) is 14.5. The molecule has 0 N–H and O–H groups in total. The number of benzene rings is 1. The molecule has 1 aliphatic heterocycles. The molecule has 0 radical (unpaired) electrons. The first-order valence-electron chi connectivity index (χ1n) is 7.96. The first-order valence-corrected chi connectivity index (χ1v) is 8.94. The van der Waals surface area contributed by atoms with Gasteiger partial charge in [-0.15, -0.1) is 18.3 Å². The minimum absolute atomic E-state index is 0.219. The number of hydrogen-bond donors (Lipinski definition) is 0. The standard InChI is InChI=1S/C18H25NO3S/c1-3-12-22-13-15-8-10-19(11-9-15)18(20)14-23-17-6-4-16(21-2)5-7-17/h3-7,15H,1,8-14H2,2H3. The molecule has 1 amide bonds. The molecule has 0 aromatic heterocycles. The fraction of sp³-hybridized carbons (Fsp3) is 0.500. The fourth-order valence-electron chi connectivity index (χ4n) is 2.58. The smallest absolute Gasteiger partial charge is 0.232 e. The van der Waals surface area contributed by atoms with Gasteiger partial charge in [0.1, 0.15) is 5.75 Å². The van der Waals surface area contributed by atoms with Gasteiger partial charge in [-0.1, -0.05) is 6.08 Å². The summed E-state index contributed by atoms with van der Waals surface area (Å²) >= 11 is 1.58. The number of amides is 1. The number of carbonyl (C=O) groups is 1. The zero-order chi connectivity index (χ0) is 16.5. The van der Waals surface area contributed by atoms with Crippen LogP contribution in [0.5, 0.6) is 5.75 Å². The quantitative estimate of drug-likeness (QED) is 0.415. The number of hydrogen-bond acceptors (Lipinski definition) is 4. The number of piperidine rings is 1. The number of ether oxygens (including phenoxy) is 2. The Bertz CT molecular complexity index is 495. The van der Waals surface area contributed by atoms with Crippen LogP contribution in [0.25, 0.3) is 0 Å². The van der Waals surface area contributed by atoms with Crippen LogP contribution in [-0.4, -0.2) is 50.0 Å². The van der Waals surface area contributed by atoms with E-state index in [2.05, 4.69) is 6.58 Å². The van der Waals surface area contributed by atoms with Crippen molar-refractivity contribution in [2.24, 2.45) is 5.92 Å². The van der Waals surface area contributed by atoms with E-state index in [0.717, 1.165) is 43.2 Å². The number of methoxy groups -OCH3 is 1. The van der Waals surface area contributed by atoms with Crippen molar-refractivity contribution in [2.75, 3.05) is 39.2 Å². The van der Waals surface area contributed by atoms with Crippen LogP contribution in [0.4, 0.5) is 0 Å². The normalized spacial score (nSPS) is 15.4. The highest BCUT2D eigenvalue weighted by Gasteiger charge is 2.22. The Morgan fingerprint density at radius 1 is 1.35 bits per heavy atom. The number of thioether (sulfide) groups is 1. The Balaban J connectivity index is 1.69. The maximum absolute atomic E-state index is 12.3. The van der Waals surface area contributed by atoms with Crippen molar-refractivity contribution in [1.29, 1.82) is 0 Å². The molecular weight excluding hydrogens is 310 g/mol. The highest BCUT2D eigenvalue weighted by molar-refractivity contribution is 8.00. The van der Waals surface area contributed by atoms with Gasteiger partial charge < -0.3 is 14.4 Å². The summed E-state index contributed by atoms with van der Waals surface area (Å²) in [6.07, 6.45) is 3.82. The average molecular weight is 335 g/mol. The lowest BCUT2D eigenvalue weighted by Crippen LogP contribution is -2.40. The Morgan fingerprint density at radius 2 is 2.04 bits per heavy atom. The second kappa shape index (κ2) is 9.63. The summed E-state index contributed by atoms with van der Waals surface area (Å²) in [5.41, 5.74) is 0. The molecule has 1 aromatic carbocycles. The van der Waals surface area contributed by atoms with Crippen LogP contribution < -0.4 is 4.74 Å². The number of rotatable bonds is 8. The molecule has 0 aliphatic carbocycles. The topological polar surface area (TPSA) is 38.8 Å². The van der Waals surface area contributed by atoms with Gasteiger partial charge >= 0.3 is 0 Å². The average Bonchev–Trinajstić information content (AvgIpc) is 2.61. The Labute approximate surface area is 142 Å². The fourth-order valence-corrected chi connectivity index (χ4v) is 3.38. The summed E-state index contributed by atoms with van der Waals surface area (Å²) in [5, 5.41) is 0. The molecule has 23 heavy (non-hydrogen) atoms. The summed E-state index contributed by atoms with van der Waals surface area (Å²) in [6.45, 7) is 6.70. The van der Waals surface area contributed by atoms with Gasteiger partial charge in [-0.2, -0.15) is 0 Å². The van der Waals surface area contributed by atoms with E-state index < -0.39 is 0 Å². The highest BCUT2D eigenvalue weighted by atomic mass is 32.2. The van der Waals surface area contributed by atoms with Crippen molar-refractivity contribution in [2.45, 2.75) is 17.7 Å². The van der Waals surface area contributed by atoms with Crippen molar-refractivity contribution >= 4 is 17.7 Å². The molecule has 1 saturated heterocycles. The van der Waals surface area contributed by atoms with Crippen LogP contribution in [0.2, 0.25) is 0 Å². The molecule has 0 unspecified atom stereocenters. The van der Waals surface area contributed by atoms with Gasteiger partial charge in [0, 0.05) is 24.6 Å². The van der Waals surface area contributed by atoms with Crippen LogP contribution in [0, 0.1) is 5.92 Å². The Morgan fingerprint density at radius 3 is 2.65 bits per heavy atom. The molecular formula is C18H25NO3S. The van der Waals surface area contributed by atoms with E-state index in [0.29, 0.717) is 18.3 Å². The van der Waals surface area contributed by atoms with E-state index >= 15 is 0 Å². The van der Waals surface area contributed by atoms with E-state index in [1.54, 1.807) is 24.9 Å². The maximum Gasteiger partial charge on any atom is 0.232 e. The first-order chi connectivity index (χ1) is 11.2. The highest BCUT2D eigenvalue weighted by Crippen LogP contribution is 2.23. The van der Waals surface area contributed by atoms with Crippen molar-refractivity contribution < 1.29 is 14.3 Å². The van der Waals surface area contributed by atoms with Crippen molar-refractivity contribution in [1.82, 2.24) is 4.90 Å². The van der Waals surface area contributed by atoms with Crippen LogP contribution in [0.3, 0.4) is 0 Å². The van der Waals surface area contributed by atoms with Gasteiger partial charge in [0.15, 0.2) is 0 Å². The predicted octanol–water partition coefficient (Wildman–Crippen LogP) is 3.23. The van der Waals surface area contributed by atoms with Crippen LogP contribution >= 0.6 is 11.8 Å². The lowest BCUT2D eigenvalue weighted by atomic mass is 9.98. The summed E-state index contributed by atoms with van der Waals surface area (Å²) in [6, 6.07) is 7.81. The summed E-state index contributed by atoms with van der Waals surface area (Å²) in [5.74, 6) is 2.11. The molecule has 2 rings (SSSR count). The molecule has 0 atom stereocenters. The third kappa shape index (κ3) is 5.92. The predicted molar refractivity (Wildman–Crippen MR) is 94.0 cm³/mol. The number of carbonyl (C=O) groups excluding carboxylic acids is 1.